The van der Waals surface area contributed by atoms with E-state index in [9.17, 15) is 0 Å². The topological polar surface area (TPSA) is 15.3 Å². The Labute approximate surface area is 98.7 Å². The van der Waals surface area contributed by atoms with Crippen LogP contribution in [0.15, 0.2) is 24.3 Å². The average molecular weight is 218 g/mol. The van der Waals surface area contributed by atoms with Crippen LogP contribution in [-0.2, 0) is 6.42 Å². The van der Waals surface area contributed by atoms with Crippen molar-refractivity contribution in [3.05, 3.63) is 29.8 Å². The third kappa shape index (κ3) is 2.56. The van der Waals surface area contributed by atoms with Gasteiger partial charge in [0.2, 0.25) is 0 Å². The first-order valence-corrected chi connectivity index (χ1v) is 6.40. The first-order valence-electron chi connectivity index (χ1n) is 6.40. The van der Waals surface area contributed by atoms with Crippen LogP contribution in [0.25, 0.3) is 0 Å². The van der Waals surface area contributed by atoms with E-state index in [1.54, 1.807) is 0 Å². The second-order valence-corrected chi connectivity index (χ2v) is 4.52. The minimum atomic E-state index is 0.620. The highest BCUT2D eigenvalue weighted by Crippen LogP contribution is 2.24. The van der Waals surface area contributed by atoms with Crippen molar-refractivity contribution in [1.29, 1.82) is 0 Å². The smallest absolute Gasteiger partial charge is 0.0391 e. The fourth-order valence-corrected chi connectivity index (χ4v) is 2.43. The molecule has 1 unspecified atom stereocenters. The summed E-state index contributed by atoms with van der Waals surface area (Å²) < 4.78 is 0. The first kappa shape index (κ1) is 11.5. The van der Waals surface area contributed by atoms with E-state index >= 15 is 0 Å². The Morgan fingerprint density at radius 2 is 2.00 bits per heavy atom. The van der Waals surface area contributed by atoms with Crippen LogP contribution in [0.3, 0.4) is 0 Å². The molecule has 2 nitrogen and oxygen atoms in total. The van der Waals surface area contributed by atoms with Crippen LogP contribution in [0.2, 0.25) is 0 Å². The third-order valence-electron chi connectivity index (χ3n) is 3.51. The van der Waals surface area contributed by atoms with Crippen LogP contribution in [-0.4, -0.2) is 30.6 Å². The maximum absolute atomic E-state index is 3.65. The maximum atomic E-state index is 3.65. The number of aryl methyl sites for hydroxylation is 1. The molecule has 0 amide bonds. The lowest BCUT2D eigenvalue weighted by molar-refractivity contribution is 0.283. The number of hydrogen-bond donors (Lipinski definition) is 1. The van der Waals surface area contributed by atoms with Gasteiger partial charge in [-0.05, 0) is 37.6 Å². The molecule has 1 aliphatic heterocycles. The van der Waals surface area contributed by atoms with Gasteiger partial charge in [-0.25, -0.2) is 0 Å². The van der Waals surface area contributed by atoms with Gasteiger partial charge in [0, 0.05) is 18.3 Å². The number of anilines is 1. The number of hydrogen-bond acceptors (Lipinski definition) is 2. The van der Waals surface area contributed by atoms with Crippen molar-refractivity contribution in [3.63, 3.8) is 0 Å². The fraction of sp³-hybridized carbons (Fsp3) is 0.571. The molecular formula is C14H22N2. The Bertz CT molecular complexity index is 331. The van der Waals surface area contributed by atoms with Crippen molar-refractivity contribution in [2.45, 2.75) is 32.7 Å². The monoisotopic (exact) mass is 218 g/mol. The van der Waals surface area contributed by atoms with Crippen LogP contribution in [0.1, 0.15) is 25.8 Å². The van der Waals surface area contributed by atoms with E-state index in [0.29, 0.717) is 6.04 Å². The highest BCUT2D eigenvalue weighted by molar-refractivity contribution is 5.53. The van der Waals surface area contributed by atoms with Gasteiger partial charge in [0.1, 0.15) is 0 Å². The fourth-order valence-electron chi connectivity index (χ4n) is 2.43. The van der Waals surface area contributed by atoms with E-state index in [0.717, 1.165) is 13.1 Å². The van der Waals surface area contributed by atoms with Gasteiger partial charge in [-0.1, -0.05) is 32.0 Å². The van der Waals surface area contributed by atoms with Gasteiger partial charge in [-0.2, -0.15) is 0 Å². The second-order valence-electron chi connectivity index (χ2n) is 4.52. The predicted molar refractivity (Wildman–Crippen MR) is 70.0 cm³/mol. The number of benzene rings is 1. The summed E-state index contributed by atoms with van der Waals surface area (Å²) in [4.78, 5) is 2.49. The summed E-state index contributed by atoms with van der Waals surface area (Å²) in [5, 5.41) is 3.65. The zero-order valence-electron chi connectivity index (χ0n) is 10.4. The third-order valence-corrected chi connectivity index (χ3v) is 3.51. The molecule has 0 fully saturated rings. The SMILES string of the molecule is CCN(CC)CC1CCc2ccccc2N1. The van der Waals surface area contributed by atoms with Gasteiger partial charge in [0.25, 0.3) is 0 Å². The Balaban J connectivity index is 1.97. The van der Waals surface area contributed by atoms with Gasteiger partial charge < -0.3 is 10.2 Å². The molecule has 1 heterocycles. The molecule has 0 saturated carbocycles. The van der Waals surface area contributed by atoms with Crippen LogP contribution in [0.5, 0.6) is 0 Å². The standard InChI is InChI=1S/C14H22N2/c1-3-16(4-2)11-13-10-9-12-7-5-6-8-14(12)15-13/h5-8,13,15H,3-4,9-11H2,1-2H3. The van der Waals surface area contributed by atoms with Gasteiger partial charge in [0.05, 0.1) is 0 Å². The van der Waals surface area contributed by atoms with Crippen molar-refractivity contribution >= 4 is 5.69 Å². The van der Waals surface area contributed by atoms with Crippen molar-refractivity contribution in [2.75, 3.05) is 25.0 Å². The van der Waals surface area contributed by atoms with Gasteiger partial charge in [0.15, 0.2) is 0 Å². The van der Waals surface area contributed by atoms with Gasteiger partial charge >= 0.3 is 0 Å². The first-order chi connectivity index (χ1) is 7.83. The molecule has 0 radical (unpaired) electrons. The molecule has 88 valence electrons. The summed E-state index contributed by atoms with van der Waals surface area (Å²) in [5.41, 5.74) is 2.81. The van der Waals surface area contributed by atoms with E-state index < -0.39 is 0 Å². The Kier molecular flexibility index (Phi) is 3.83. The van der Waals surface area contributed by atoms with Crippen LogP contribution >= 0.6 is 0 Å². The number of nitrogens with one attached hydrogen (secondary N) is 1. The normalized spacial score (nSPS) is 19.3. The number of para-hydroxylation sites is 1. The van der Waals surface area contributed by atoms with Crippen molar-refractivity contribution in [2.24, 2.45) is 0 Å². The second kappa shape index (κ2) is 5.35. The summed E-state index contributed by atoms with van der Waals surface area (Å²) in [6, 6.07) is 9.30. The zero-order chi connectivity index (χ0) is 11.4. The van der Waals surface area contributed by atoms with Gasteiger partial charge in [-0.3, -0.25) is 0 Å². The van der Waals surface area contributed by atoms with Crippen molar-refractivity contribution in [1.82, 2.24) is 4.90 Å². The highest BCUT2D eigenvalue weighted by Gasteiger charge is 2.18. The van der Waals surface area contributed by atoms with Gasteiger partial charge in [-0.15, -0.1) is 0 Å². The van der Waals surface area contributed by atoms with E-state index in [4.69, 9.17) is 0 Å². The summed E-state index contributed by atoms with van der Waals surface area (Å²) in [7, 11) is 0. The Morgan fingerprint density at radius 3 is 2.75 bits per heavy atom. The number of fused-ring (bicyclic) bond motifs is 1. The van der Waals surface area contributed by atoms with E-state index in [-0.39, 0.29) is 0 Å². The molecule has 2 rings (SSSR count). The van der Waals surface area contributed by atoms with Crippen LogP contribution < -0.4 is 5.32 Å². The van der Waals surface area contributed by atoms with E-state index in [1.165, 1.54) is 30.6 Å². The zero-order valence-corrected chi connectivity index (χ0v) is 10.4. The summed E-state index contributed by atoms with van der Waals surface area (Å²) >= 11 is 0. The molecule has 1 N–H and O–H groups in total. The molecule has 16 heavy (non-hydrogen) atoms. The summed E-state index contributed by atoms with van der Waals surface area (Å²) in [6.45, 7) is 7.94. The summed E-state index contributed by atoms with van der Waals surface area (Å²) in [5.74, 6) is 0. The number of likely N-dealkylation sites (N-methyl/N-ethyl adjacent to an activating group) is 1. The lowest BCUT2D eigenvalue weighted by atomic mass is 9.98. The minimum Gasteiger partial charge on any atom is -0.381 e. The molecule has 1 aromatic carbocycles. The molecule has 0 aromatic heterocycles. The predicted octanol–water partition coefficient (Wildman–Crippen LogP) is 2.76. The molecule has 0 saturated heterocycles. The lowest BCUT2D eigenvalue weighted by Gasteiger charge is -2.31. The molecule has 0 bridgehead atoms. The quantitative estimate of drug-likeness (QED) is 0.836. The van der Waals surface area contributed by atoms with E-state index in [1.807, 2.05) is 0 Å². The molecule has 0 aliphatic carbocycles. The van der Waals surface area contributed by atoms with Crippen molar-refractivity contribution < 1.29 is 0 Å². The lowest BCUT2D eigenvalue weighted by Crippen LogP contribution is -2.38. The molecule has 1 atom stereocenters. The Morgan fingerprint density at radius 1 is 1.25 bits per heavy atom. The molecule has 0 spiro atoms. The number of rotatable bonds is 4. The molecule has 1 aliphatic rings. The van der Waals surface area contributed by atoms with Crippen LogP contribution in [0.4, 0.5) is 5.69 Å². The average Bonchev–Trinajstić information content (AvgIpc) is 2.35. The summed E-state index contributed by atoms with van der Waals surface area (Å²) in [6.07, 6.45) is 2.47. The van der Waals surface area contributed by atoms with E-state index in [2.05, 4.69) is 48.3 Å². The number of nitrogens with zero attached hydrogens (tertiary/aromatic N) is 1. The molecule has 2 heteroatoms. The largest absolute Gasteiger partial charge is 0.381 e. The highest BCUT2D eigenvalue weighted by atomic mass is 15.1. The Hall–Kier alpha value is -1.02. The molecule has 1 aromatic rings. The maximum Gasteiger partial charge on any atom is 0.0391 e. The molecular weight excluding hydrogens is 196 g/mol. The van der Waals surface area contributed by atoms with Crippen LogP contribution in [0, 0.1) is 0 Å². The van der Waals surface area contributed by atoms with Crippen molar-refractivity contribution in [3.8, 4) is 0 Å². The minimum absolute atomic E-state index is 0.620.